The Morgan fingerprint density at radius 2 is 2.27 bits per heavy atom. The zero-order chi connectivity index (χ0) is 10.8. The maximum atomic E-state index is 13.2. The second-order valence-corrected chi connectivity index (χ2v) is 3.64. The van der Waals surface area contributed by atoms with E-state index in [1.54, 1.807) is 6.07 Å². The number of furan rings is 1. The first kappa shape index (κ1) is 10.0. The summed E-state index contributed by atoms with van der Waals surface area (Å²) < 4.78 is 18.7. The molecule has 3 nitrogen and oxygen atoms in total. The Hall–Kier alpha value is -1.49. The molecule has 0 aliphatic carbocycles. The van der Waals surface area contributed by atoms with Gasteiger partial charge in [0.2, 0.25) is 5.78 Å². The van der Waals surface area contributed by atoms with Crippen LogP contribution in [0.1, 0.15) is 16.1 Å². The van der Waals surface area contributed by atoms with Crippen molar-refractivity contribution in [3.05, 3.63) is 52.4 Å². The Balaban J connectivity index is 2.46. The lowest BCUT2D eigenvalue weighted by Crippen LogP contribution is -2.03. The smallest absolute Gasteiger partial charge is 0.232 e. The maximum absolute atomic E-state index is 13.2. The van der Waals surface area contributed by atoms with Crippen LogP contribution in [-0.2, 0) is 0 Å². The van der Waals surface area contributed by atoms with Crippen LogP contribution >= 0.6 is 15.9 Å². The lowest BCUT2D eigenvalue weighted by atomic mass is 10.1. The van der Waals surface area contributed by atoms with Crippen molar-refractivity contribution >= 4 is 21.7 Å². The molecule has 0 aliphatic heterocycles. The van der Waals surface area contributed by atoms with Crippen LogP contribution in [0.5, 0.6) is 0 Å². The lowest BCUT2D eigenvalue weighted by molar-refractivity contribution is 0.100. The molecule has 0 unspecified atom stereocenters. The molecule has 0 saturated heterocycles. The molecule has 0 atom stereocenters. The van der Waals surface area contributed by atoms with Crippen molar-refractivity contribution in [2.24, 2.45) is 0 Å². The molecule has 2 aromatic heterocycles. The van der Waals surface area contributed by atoms with Gasteiger partial charge in [0, 0.05) is 6.20 Å². The summed E-state index contributed by atoms with van der Waals surface area (Å²) in [6.07, 6.45) is 3.70. The molecule has 0 aliphatic rings. The van der Waals surface area contributed by atoms with E-state index in [-0.39, 0.29) is 11.3 Å². The Morgan fingerprint density at radius 1 is 1.47 bits per heavy atom. The van der Waals surface area contributed by atoms with E-state index in [9.17, 15) is 9.18 Å². The summed E-state index contributed by atoms with van der Waals surface area (Å²) in [5, 5.41) is 0. The van der Waals surface area contributed by atoms with Gasteiger partial charge in [-0.15, -0.1) is 0 Å². The van der Waals surface area contributed by atoms with Crippen LogP contribution in [0.4, 0.5) is 4.39 Å². The van der Waals surface area contributed by atoms with Crippen LogP contribution in [0.3, 0.4) is 0 Å². The van der Waals surface area contributed by atoms with Crippen molar-refractivity contribution < 1.29 is 13.6 Å². The van der Waals surface area contributed by atoms with Crippen molar-refractivity contribution in [1.82, 2.24) is 4.98 Å². The summed E-state index contributed by atoms with van der Waals surface area (Å²) in [7, 11) is 0. The Morgan fingerprint density at radius 3 is 2.87 bits per heavy atom. The van der Waals surface area contributed by atoms with E-state index in [4.69, 9.17) is 4.42 Å². The van der Waals surface area contributed by atoms with Gasteiger partial charge in [0.15, 0.2) is 11.6 Å². The first-order chi connectivity index (χ1) is 7.20. The highest BCUT2D eigenvalue weighted by Gasteiger charge is 2.19. The number of carbonyl (C=O) groups excluding carboxylic acids is 1. The fourth-order valence-electron chi connectivity index (χ4n) is 1.14. The molecule has 0 aromatic carbocycles. The molecular formula is C10H5BrFNO2. The number of nitrogens with zero attached hydrogens (tertiary/aromatic N) is 1. The minimum absolute atomic E-state index is 0.0550. The Bertz CT molecular complexity index is 510. The predicted molar refractivity (Wildman–Crippen MR) is 54.0 cm³/mol. The van der Waals surface area contributed by atoms with E-state index in [1.807, 2.05) is 0 Å². The molecule has 0 saturated carbocycles. The minimum atomic E-state index is -0.661. The van der Waals surface area contributed by atoms with Gasteiger partial charge in [-0.2, -0.15) is 0 Å². The molecule has 0 amide bonds. The van der Waals surface area contributed by atoms with Crippen molar-refractivity contribution in [1.29, 1.82) is 0 Å². The SMILES string of the molecule is O=C(c1ccncc1F)c1occc1Br. The molecule has 0 bridgehead atoms. The third-order valence-electron chi connectivity index (χ3n) is 1.84. The minimum Gasteiger partial charge on any atom is -0.460 e. The van der Waals surface area contributed by atoms with E-state index < -0.39 is 11.6 Å². The van der Waals surface area contributed by atoms with Gasteiger partial charge in [0.25, 0.3) is 0 Å². The van der Waals surface area contributed by atoms with Crippen LogP contribution in [0.2, 0.25) is 0 Å². The van der Waals surface area contributed by atoms with E-state index >= 15 is 0 Å². The summed E-state index contributed by atoms with van der Waals surface area (Å²) in [5.41, 5.74) is -0.0550. The van der Waals surface area contributed by atoms with Crippen molar-refractivity contribution in [3.63, 3.8) is 0 Å². The maximum Gasteiger partial charge on any atom is 0.232 e. The van der Waals surface area contributed by atoms with E-state index in [0.29, 0.717) is 4.47 Å². The Labute approximate surface area is 93.1 Å². The van der Waals surface area contributed by atoms with Gasteiger partial charge in [0.1, 0.15) is 0 Å². The van der Waals surface area contributed by atoms with Crippen LogP contribution in [0.15, 0.2) is 39.7 Å². The van der Waals surface area contributed by atoms with Gasteiger partial charge in [-0.05, 0) is 28.1 Å². The quantitative estimate of drug-likeness (QED) is 0.788. The number of carbonyl (C=O) groups is 1. The first-order valence-electron chi connectivity index (χ1n) is 4.07. The van der Waals surface area contributed by atoms with Crippen molar-refractivity contribution in [2.75, 3.05) is 0 Å². The zero-order valence-corrected chi connectivity index (χ0v) is 8.99. The number of aromatic nitrogens is 1. The molecule has 2 rings (SSSR count). The second kappa shape index (κ2) is 3.94. The topological polar surface area (TPSA) is 43.1 Å². The molecule has 2 aromatic rings. The molecule has 2 heterocycles. The highest BCUT2D eigenvalue weighted by Crippen LogP contribution is 2.21. The van der Waals surface area contributed by atoms with Gasteiger partial charge in [-0.3, -0.25) is 9.78 Å². The van der Waals surface area contributed by atoms with Gasteiger partial charge in [0.05, 0.1) is 22.5 Å². The number of pyridine rings is 1. The van der Waals surface area contributed by atoms with Crippen LogP contribution in [-0.4, -0.2) is 10.8 Å². The van der Waals surface area contributed by atoms with Crippen LogP contribution < -0.4 is 0 Å². The van der Waals surface area contributed by atoms with Crippen molar-refractivity contribution in [3.8, 4) is 0 Å². The van der Waals surface area contributed by atoms with E-state index in [1.165, 1.54) is 18.5 Å². The molecule has 76 valence electrons. The summed E-state index contributed by atoms with van der Waals surface area (Å²) in [4.78, 5) is 15.3. The summed E-state index contributed by atoms with van der Waals surface area (Å²) >= 11 is 3.14. The zero-order valence-electron chi connectivity index (χ0n) is 7.41. The summed E-state index contributed by atoms with van der Waals surface area (Å²) in [6.45, 7) is 0. The fraction of sp³-hybridized carbons (Fsp3) is 0. The molecule has 15 heavy (non-hydrogen) atoms. The third-order valence-corrected chi connectivity index (χ3v) is 2.46. The van der Waals surface area contributed by atoms with Crippen LogP contribution in [0.25, 0.3) is 0 Å². The van der Waals surface area contributed by atoms with E-state index in [0.717, 1.165) is 6.20 Å². The predicted octanol–water partition coefficient (Wildman–Crippen LogP) is 2.81. The fourth-order valence-corrected chi connectivity index (χ4v) is 1.52. The van der Waals surface area contributed by atoms with Gasteiger partial charge < -0.3 is 4.42 Å². The number of ketones is 1. The normalized spacial score (nSPS) is 10.3. The van der Waals surface area contributed by atoms with Gasteiger partial charge in [-0.1, -0.05) is 0 Å². The number of hydrogen-bond acceptors (Lipinski definition) is 3. The van der Waals surface area contributed by atoms with Gasteiger partial charge >= 0.3 is 0 Å². The highest BCUT2D eigenvalue weighted by molar-refractivity contribution is 9.10. The van der Waals surface area contributed by atoms with Crippen molar-refractivity contribution in [2.45, 2.75) is 0 Å². The van der Waals surface area contributed by atoms with Crippen LogP contribution in [0, 0.1) is 5.82 Å². The molecular weight excluding hydrogens is 265 g/mol. The average Bonchev–Trinajstić information content (AvgIpc) is 2.64. The Kier molecular flexibility index (Phi) is 2.64. The highest BCUT2D eigenvalue weighted by atomic mass is 79.9. The first-order valence-corrected chi connectivity index (χ1v) is 4.86. The number of hydrogen-bond donors (Lipinski definition) is 0. The lowest BCUT2D eigenvalue weighted by Gasteiger charge is -1.98. The molecule has 0 spiro atoms. The monoisotopic (exact) mass is 269 g/mol. The third kappa shape index (κ3) is 1.83. The number of rotatable bonds is 2. The van der Waals surface area contributed by atoms with Gasteiger partial charge in [-0.25, -0.2) is 4.39 Å². The summed E-state index contributed by atoms with van der Waals surface area (Å²) in [5.74, 6) is -1.09. The second-order valence-electron chi connectivity index (χ2n) is 2.78. The molecule has 0 fully saturated rings. The number of halogens is 2. The van der Waals surface area contributed by atoms with E-state index in [2.05, 4.69) is 20.9 Å². The largest absolute Gasteiger partial charge is 0.460 e. The molecule has 0 radical (unpaired) electrons. The molecule has 5 heteroatoms. The molecule has 0 N–H and O–H groups in total. The average molecular weight is 270 g/mol. The summed E-state index contributed by atoms with van der Waals surface area (Å²) in [6, 6.07) is 2.89. The standard InChI is InChI=1S/C10H5BrFNO2/c11-7-2-4-15-10(7)9(14)6-1-3-13-5-8(6)12/h1-5H.